The maximum atomic E-state index is 13.3. The average molecular weight is 443 g/mol. The van der Waals surface area contributed by atoms with Gasteiger partial charge in [0, 0.05) is 10.5 Å². The highest BCUT2D eigenvalue weighted by atomic mass is 79.9. The molecule has 7 heteroatoms. The monoisotopic (exact) mass is 442 g/mol. The van der Waals surface area contributed by atoms with E-state index < -0.39 is 29.9 Å². The topological polar surface area (TPSA) is 75.7 Å². The van der Waals surface area contributed by atoms with Crippen LogP contribution in [-0.4, -0.2) is 30.4 Å². The van der Waals surface area contributed by atoms with Crippen molar-refractivity contribution in [2.24, 2.45) is 11.8 Å². The van der Waals surface area contributed by atoms with E-state index in [2.05, 4.69) is 21.2 Å². The Labute approximate surface area is 171 Å². The predicted molar refractivity (Wildman–Crippen MR) is 106 cm³/mol. The summed E-state index contributed by atoms with van der Waals surface area (Å²) in [5.74, 6) is -2.63. The van der Waals surface area contributed by atoms with Crippen molar-refractivity contribution >= 4 is 39.4 Å². The quantitative estimate of drug-likeness (QED) is 0.581. The first kappa shape index (κ1) is 18.8. The molecule has 2 aliphatic rings. The molecule has 4 atom stereocenters. The molecule has 0 aromatic heterocycles. The lowest BCUT2D eigenvalue weighted by Crippen LogP contribution is -2.44. The standard InChI is InChI=1S/C21H19BrN2O4/c1-2-28-21(27)18-16-15(17(23-18)12-6-4-3-5-7-12)19(25)24(20(16)26)14-10-8-13(22)9-11-14/h3-11,15-18,23H,2H2,1H3/t15-,16-,17+,18+/m0/s1. The molecular weight excluding hydrogens is 424 g/mol. The molecule has 0 spiro atoms. The lowest BCUT2D eigenvalue weighted by molar-refractivity contribution is -0.148. The van der Waals surface area contributed by atoms with Gasteiger partial charge in [-0.15, -0.1) is 0 Å². The third-order valence-corrected chi connectivity index (χ3v) is 5.79. The molecule has 6 nitrogen and oxygen atoms in total. The van der Waals surface area contributed by atoms with Crippen LogP contribution in [0.5, 0.6) is 0 Å². The lowest BCUT2D eigenvalue weighted by atomic mass is 9.86. The number of fused-ring (bicyclic) bond motifs is 1. The van der Waals surface area contributed by atoms with Gasteiger partial charge in [0.1, 0.15) is 6.04 Å². The van der Waals surface area contributed by atoms with Crippen LogP contribution in [0.1, 0.15) is 18.5 Å². The predicted octanol–water partition coefficient (Wildman–Crippen LogP) is 2.83. The molecule has 0 aliphatic carbocycles. The third kappa shape index (κ3) is 3.04. The van der Waals surface area contributed by atoms with Crippen LogP contribution in [0.15, 0.2) is 59.1 Å². The second kappa shape index (κ2) is 7.48. The molecule has 2 heterocycles. The molecule has 1 N–H and O–H groups in total. The van der Waals surface area contributed by atoms with Crippen LogP contribution >= 0.6 is 15.9 Å². The molecule has 28 heavy (non-hydrogen) atoms. The minimum absolute atomic E-state index is 0.211. The summed E-state index contributed by atoms with van der Waals surface area (Å²) >= 11 is 3.36. The van der Waals surface area contributed by atoms with Gasteiger partial charge in [0.05, 0.1) is 24.1 Å². The Bertz CT molecular complexity index is 916. The molecule has 0 bridgehead atoms. The van der Waals surface area contributed by atoms with Crippen molar-refractivity contribution in [2.45, 2.75) is 19.0 Å². The van der Waals surface area contributed by atoms with E-state index in [1.54, 1.807) is 31.2 Å². The van der Waals surface area contributed by atoms with Crippen molar-refractivity contribution in [1.82, 2.24) is 5.32 Å². The van der Waals surface area contributed by atoms with Crippen molar-refractivity contribution in [3.05, 3.63) is 64.6 Å². The number of hydrogen-bond acceptors (Lipinski definition) is 5. The van der Waals surface area contributed by atoms with Gasteiger partial charge >= 0.3 is 5.97 Å². The zero-order valence-corrected chi connectivity index (χ0v) is 16.8. The fourth-order valence-electron chi connectivity index (χ4n) is 4.07. The highest BCUT2D eigenvalue weighted by Gasteiger charge is 2.61. The Kier molecular flexibility index (Phi) is 5.03. The van der Waals surface area contributed by atoms with Gasteiger partial charge in [-0.25, -0.2) is 4.90 Å². The van der Waals surface area contributed by atoms with Gasteiger partial charge in [0.25, 0.3) is 0 Å². The van der Waals surface area contributed by atoms with Gasteiger partial charge in [-0.3, -0.25) is 19.7 Å². The van der Waals surface area contributed by atoms with E-state index in [9.17, 15) is 14.4 Å². The van der Waals surface area contributed by atoms with Crippen LogP contribution in [0.2, 0.25) is 0 Å². The Morgan fingerprint density at radius 1 is 1.04 bits per heavy atom. The minimum atomic E-state index is -0.855. The van der Waals surface area contributed by atoms with E-state index in [1.165, 1.54) is 4.90 Å². The number of benzene rings is 2. The Balaban J connectivity index is 1.75. The van der Waals surface area contributed by atoms with Crippen LogP contribution in [0.25, 0.3) is 0 Å². The summed E-state index contributed by atoms with van der Waals surface area (Å²) in [5.41, 5.74) is 1.37. The van der Waals surface area contributed by atoms with Crippen molar-refractivity contribution in [2.75, 3.05) is 11.5 Å². The van der Waals surface area contributed by atoms with Crippen LogP contribution in [0.3, 0.4) is 0 Å². The molecule has 4 rings (SSSR count). The zero-order valence-electron chi connectivity index (χ0n) is 15.2. The molecule has 2 aromatic carbocycles. The molecule has 2 amide bonds. The van der Waals surface area contributed by atoms with Gasteiger partial charge in [-0.1, -0.05) is 46.3 Å². The molecule has 2 aromatic rings. The summed E-state index contributed by atoms with van der Waals surface area (Å²) in [6.07, 6.45) is 0. The van der Waals surface area contributed by atoms with E-state index >= 15 is 0 Å². The maximum Gasteiger partial charge on any atom is 0.324 e. The van der Waals surface area contributed by atoms with E-state index in [-0.39, 0.29) is 18.4 Å². The fraction of sp³-hybridized carbons (Fsp3) is 0.286. The van der Waals surface area contributed by atoms with Crippen molar-refractivity contribution in [1.29, 1.82) is 0 Å². The molecule has 0 saturated carbocycles. The van der Waals surface area contributed by atoms with Gasteiger partial charge in [0.2, 0.25) is 11.8 Å². The van der Waals surface area contributed by atoms with E-state index in [1.807, 2.05) is 30.3 Å². The average Bonchev–Trinajstić information content (AvgIpc) is 3.21. The number of esters is 1. The van der Waals surface area contributed by atoms with E-state index in [0.29, 0.717) is 5.69 Å². The molecule has 2 aliphatic heterocycles. The number of amides is 2. The summed E-state index contributed by atoms with van der Waals surface area (Å²) in [5, 5.41) is 3.19. The molecule has 0 radical (unpaired) electrons. The van der Waals surface area contributed by atoms with Crippen molar-refractivity contribution in [3.63, 3.8) is 0 Å². The number of rotatable bonds is 4. The van der Waals surface area contributed by atoms with E-state index in [0.717, 1.165) is 10.0 Å². The number of hydrogen-bond donors (Lipinski definition) is 1. The normalized spacial score (nSPS) is 26.4. The third-order valence-electron chi connectivity index (χ3n) is 5.26. The lowest BCUT2D eigenvalue weighted by Gasteiger charge is -2.22. The molecule has 144 valence electrons. The first-order valence-electron chi connectivity index (χ1n) is 9.14. The molecule has 2 saturated heterocycles. The largest absolute Gasteiger partial charge is 0.465 e. The van der Waals surface area contributed by atoms with Gasteiger partial charge in [-0.2, -0.15) is 0 Å². The molecular formula is C21H19BrN2O4. The number of nitrogens with zero attached hydrogens (tertiary/aromatic N) is 1. The number of carbonyl (C=O) groups is 3. The van der Waals surface area contributed by atoms with Crippen LogP contribution in [0.4, 0.5) is 5.69 Å². The molecule has 2 fully saturated rings. The summed E-state index contributed by atoms with van der Waals surface area (Å²) in [6, 6.07) is 15.1. The van der Waals surface area contributed by atoms with Crippen LogP contribution in [-0.2, 0) is 19.1 Å². The number of ether oxygens (including phenoxy) is 1. The summed E-state index contributed by atoms with van der Waals surface area (Å²) < 4.78 is 6.02. The number of halogens is 1. The number of nitrogens with one attached hydrogen (secondary N) is 1. The minimum Gasteiger partial charge on any atom is -0.465 e. The first-order valence-corrected chi connectivity index (χ1v) is 9.93. The van der Waals surface area contributed by atoms with Crippen LogP contribution in [0, 0.1) is 11.8 Å². The van der Waals surface area contributed by atoms with Gasteiger partial charge in [-0.05, 0) is 36.8 Å². The smallest absolute Gasteiger partial charge is 0.324 e. The Morgan fingerprint density at radius 3 is 2.32 bits per heavy atom. The number of carbonyl (C=O) groups excluding carboxylic acids is 3. The zero-order chi connectivity index (χ0) is 19.8. The molecule has 0 unspecified atom stereocenters. The number of imide groups is 1. The van der Waals surface area contributed by atoms with Crippen molar-refractivity contribution in [3.8, 4) is 0 Å². The Morgan fingerprint density at radius 2 is 1.68 bits per heavy atom. The van der Waals surface area contributed by atoms with Gasteiger partial charge < -0.3 is 4.74 Å². The SMILES string of the molecule is CCOC(=O)[C@@H]1N[C@H](c2ccccc2)[C@H]2C(=O)N(c3ccc(Br)cc3)C(=O)[C@@H]21. The maximum absolute atomic E-state index is 13.3. The summed E-state index contributed by atoms with van der Waals surface area (Å²) in [6.45, 7) is 1.93. The van der Waals surface area contributed by atoms with Crippen molar-refractivity contribution < 1.29 is 19.1 Å². The highest BCUT2D eigenvalue weighted by molar-refractivity contribution is 9.10. The summed E-state index contributed by atoms with van der Waals surface area (Å²) in [4.78, 5) is 40.2. The second-order valence-electron chi connectivity index (χ2n) is 6.82. The Hall–Kier alpha value is -2.51. The summed E-state index contributed by atoms with van der Waals surface area (Å²) in [7, 11) is 0. The number of anilines is 1. The highest BCUT2D eigenvalue weighted by Crippen LogP contribution is 2.45. The second-order valence-corrected chi connectivity index (χ2v) is 7.74. The van der Waals surface area contributed by atoms with Gasteiger partial charge in [0.15, 0.2) is 0 Å². The first-order chi connectivity index (χ1) is 13.5. The fourth-order valence-corrected chi connectivity index (χ4v) is 4.33. The van der Waals surface area contributed by atoms with E-state index in [4.69, 9.17) is 4.74 Å². The van der Waals surface area contributed by atoms with Crippen LogP contribution < -0.4 is 10.2 Å².